The van der Waals surface area contributed by atoms with Gasteiger partial charge in [0.1, 0.15) is 0 Å². The second-order valence-electron chi connectivity index (χ2n) is 4.26. The van der Waals surface area contributed by atoms with E-state index >= 15 is 0 Å². The molecule has 96 valence electrons. The number of benzene rings is 1. The number of hydrogen-bond donors (Lipinski definition) is 1. The van der Waals surface area contributed by atoms with Crippen LogP contribution in [0, 0.1) is 6.92 Å². The van der Waals surface area contributed by atoms with Crippen molar-refractivity contribution in [3.8, 4) is 0 Å². The lowest BCUT2D eigenvalue weighted by Crippen LogP contribution is -2.20. The Kier molecular flexibility index (Phi) is 4.45. The smallest absolute Gasteiger partial charge is 0.244 e. The summed E-state index contributed by atoms with van der Waals surface area (Å²) in [5.41, 5.74) is 3.22. The molecule has 1 aromatic carbocycles. The van der Waals surface area contributed by atoms with Gasteiger partial charge < -0.3 is 5.32 Å². The average Bonchev–Trinajstić information content (AvgIpc) is 2.45. The van der Waals surface area contributed by atoms with Crippen molar-refractivity contribution >= 4 is 12.0 Å². The van der Waals surface area contributed by atoms with E-state index in [9.17, 15) is 4.79 Å². The number of aromatic nitrogens is 1. The fraction of sp³-hybridized carbons (Fsp3) is 0.125. The van der Waals surface area contributed by atoms with E-state index in [2.05, 4.69) is 10.3 Å². The molecule has 0 bridgehead atoms. The van der Waals surface area contributed by atoms with Gasteiger partial charge in [-0.1, -0.05) is 30.3 Å². The molecular formula is C16H16N2O. The number of rotatable bonds is 4. The molecule has 2 aromatic rings. The van der Waals surface area contributed by atoms with Gasteiger partial charge in [-0.3, -0.25) is 9.78 Å². The van der Waals surface area contributed by atoms with Crippen LogP contribution >= 0.6 is 0 Å². The van der Waals surface area contributed by atoms with Crippen LogP contribution in [-0.2, 0) is 11.3 Å². The van der Waals surface area contributed by atoms with E-state index in [1.54, 1.807) is 18.5 Å². The van der Waals surface area contributed by atoms with Crippen LogP contribution in [-0.4, -0.2) is 10.9 Å². The van der Waals surface area contributed by atoms with E-state index in [1.807, 2.05) is 43.3 Å². The molecule has 19 heavy (non-hydrogen) atoms. The van der Waals surface area contributed by atoms with Crippen molar-refractivity contribution in [3.05, 3.63) is 71.6 Å². The maximum atomic E-state index is 11.7. The summed E-state index contributed by atoms with van der Waals surface area (Å²) >= 11 is 0. The van der Waals surface area contributed by atoms with Crippen molar-refractivity contribution in [2.75, 3.05) is 0 Å². The third-order valence-corrected chi connectivity index (χ3v) is 2.83. The fourth-order valence-electron chi connectivity index (χ4n) is 1.70. The monoisotopic (exact) mass is 252 g/mol. The summed E-state index contributed by atoms with van der Waals surface area (Å²) in [7, 11) is 0. The average molecular weight is 252 g/mol. The highest BCUT2D eigenvalue weighted by atomic mass is 16.1. The van der Waals surface area contributed by atoms with Gasteiger partial charge >= 0.3 is 0 Å². The maximum Gasteiger partial charge on any atom is 0.244 e. The summed E-state index contributed by atoms with van der Waals surface area (Å²) in [6.45, 7) is 2.58. The van der Waals surface area contributed by atoms with Crippen LogP contribution in [0.3, 0.4) is 0 Å². The Morgan fingerprint density at radius 1 is 1.26 bits per heavy atom. The SMILES string of the molecule is Cc1ccccc1CNC(=O)/C=C/c1cccnc1. The summed E-state index contributed by atoms with van der Waals surface area (Å²) in [5, 5.41) is 2.86. The summed E-state index contributed by atoms with van der Waals surface area (Å²) in [4.78, 5) is 15.7. The predicted octanol–water partition coefficient (Wildman–Crippen LogP) is 2.72. The Hall–Kier alpha value is -2.42. The molecule has 1 N–H and O–H groups in total. The van der Waals surface area contributed by atoms with Gasteiger partial charge in [0.05, 0.1) is 0 Å². The molecule has 0 atom stereocenters. The zero-order valence-corrected chi connectivity index (χ0v) is 10.8. The Bertz CT molecular complexity index is 576. The van der Waals surface area contributed by atoms with E-state index in [-0.39, 0.29) is 5.91 Å². The van der Waals surface area contributed by atoms with Gasteiger partial charge in [-0.15, -0.1) is 0 Å². The number of amides is 1. The molecule has 0 unspecified atom stereocenters. The third kappa shape index (κ3) is 4.07. The minimum atomic E-state index is -0.105. The number of nitrogens with zero attached hydrogens (tertiary/aromatic N) is 1. The van der Waals surface area contributed by atoms with Crippen LogP contribution in [0.2, 0.25) is 0 Å². The Balaban J connectivity index is 1.89. The second kappa shape index (κ2) is 6.50. The van der Waals surface area contributed by atoms with E-state index in [0.29, 0.717) is 6.54 Å². The quantitative estimate of drug-likeness (QED) is 0.850. The molecule has 3 nitrogen and oxygen atoms in total. The zero-order valence-electron chi connectivity index (χ0n) is 10.8. The van der Waals surface area contributed by atoms with E-state index in [4.69, 9.17) is 0 Å². The van der Waals surface area contributed by atoms with Crippen LogP contribution in [0.25, 0.3) is 6.08 Å². The molecule has 0 spiro atoms. The van der Waals surface area contributed by atoms with Crippen molar-refractivity contribution in [2.45, 2.75) is 13.5 Å². The van der Waals surface area contributed by atoms with Gasteiger partial charge in [-0.2, -0.15) is 0 Å². The first-order valence-corrected chi connectivity index (χ1v) is 6.16. The summed E-state index contributed by atoms with van der Waals surface area (Å²) in [6, 6.07) is 11.7. The molecule has 2 rings (SSSR count). The highest BCUT2D eigenvalue weighted by Crippen LogP contribution is 2.06. The summed E-state index contributed by atoms with van der Waals surface area (Å²) in [6.07, 6.45) is 6.69. The number of hydrogen-bond acceptors (Lipinski definition) is 2. The lowest BCUT2D eigenvalue weighted by Gasteiger charge is -2.05. The second-order valence-corrected chi connectivity index (χ2v) is 4.26. The largest absolute Gasteiger partial charge is 0.348 e. The molecule has 1 heterocycles. The van der Waals surface area contributed by atoms with Crippen molar-refractivity contribution in [1.29, 1.82) is 0 Å². The molecular weight excluding hydrogens is 236 g/mol. The normalized spacial score (nSPS) is 10.6. The molecule has 1 aromatic heterocycles. The molecule has 0 saturated heterocycles. The maximum absolute atomic E-state index is 11.7. The zero-order chi connectivity index (χ0) is 13.5. The number of carbonyl (C=O) groups excluding carboxylic acids is 1. The molecule has 0 aliphatic carbocycles. The van der Waals surface area contributed by atoms with Crippen LogP contribution < -0.4 is 5.32 Å². The van der Waals surface area contributed by atoms with Gasteiger partial charge in [0, 0.05) is 25.0 Å². The lowest BCUT2D eigenvalue weighted by molar-refractivity contribution is -0.116. The topological polar surface area (TPSA) is 42.0 Å². The lowest BCUT2D eigenvalue weighted by atomic mass is 10.1. The Morgan fingerprint density at radius 2 is 2.11 bits per heavy atom. The molecule has 1 amide bonds. The van der Waals surface area contributed by atoms with Crippen LogP contribution in [0.1, 0.15) is 16.7 Å². The van der Waals surface area contributed by atoms with E-state index < -0.39 is 0 Å². The van der Waals surface area contributed by atoms with Gasteiger partial charge in [0.25, 0.3) is 0 Å². The number of nitrogens with one attached hydrogen (secondary N) is 1. The van der Waals surface area contributed by atoms with Gasteiger partial charge in [0.2, 0.25) is 5.91 Å². The minimum absolute atomic E-state index is 0.105. The Labute approximate surface area is 113 Å². The first-order valence-electron chi connectivity index (χ1n) is 6.16. The first-order chi connectivity index (χ1) is 9.25. The predicted molar refractivity (Wildman–Crippen MR) is 76.3 cm³/mol. The molecule has 0 aliphatic rings. The summed E-state index contributed by atoms with van der Waals surface area (Å²) in [5.74, 6) is -0.105. The first kappa shape index (κ1) is 13.0. The Morgan fingerprint density at radius 3 is 2.84 bits per heavy atom. The minimum Gasteiger partial charge on any atom is -0.348 e. The molecule has 3 heteroatoms. The standard InChI is InChI=1S/C16H16N2O/c1-13-5-2-3-7-15(13)12-18-16(19)9-8-14-6-4-10-17-11-14/h2-11H,12H2,1H3,(H,18,19)/b9-8+. The highest BCUT2D eigenvalue weighted by Gasteiger charge is 1.99. The van der Waals surface area contributed by atoms with Crippen LogP contribution in [0.5, 0.6) is 0 Å². The van der Waals surface area contributed by atoms with E-state index in [1.165, 1.54) is 11.6 Å². The van der Waals surface area contributed by atoms with Crippen molar-refractivity contribution < 1.29 is 4.79 Å². The summed E-state index contributed by atoms with van der Waals surface area (Å²) < 4.78 is 0. The fourth-order valence-corrected chi connectivity index (χ4v) is 1.70. The van der Waals surface area contributed by atoms with Gasteiger partial charge in [-0.05, 0) is 35.8 Å². The van der Waals surface area contributed by atoms with Gasteiger partial charge in [-0.25, -0.2) is 0 Å². The number of pyridine rings is 1. The van der Waals surface area contributed by atoms with Crippen molar-refractivity contribution in [1.82, 2.24) is 10.3 Å². The molecule has 0 saturated carbocycles. The number of carbonyl (C=O) groups is 1. The van der Waals surface area contributed by atoms with Crippen molar-refractivity contribution in [2.24, 2.45) is 0 Å². The molecule has 0 fully saturated rings. The van der Waals surface area contributed by atoms with Gasteiger partial charge in [0.15, 0.2) is 0 Å². The molecule has 0 aliphatic heterocycles. The van der Waals surface area contributed by atoms with Crippen LogP contribution in [0.4, 0.5) is 0 Å². The van der Waals surface area contributed by atoms with E-state index in [0.717, 1.165) is 11.1 Å². The van der Waals surface area contributed by atoms with Crippen LogP contribution in [0.15, 0.2) is 54.9 Å². The molecule has 0 radical (unpaired) electrons. The highest BCUT2D eigenvalue weighted by molar-refractivity contribution is 5.91. The third-order valence-electron chi connectivity index (χ3n) is 2.83. The van der Waals surface area contributed by atoms with Crippen molar-refractivity contribution in [3.63, 3.8) is 0 Å². The number of aryl methyl sites for hydroxylation is 1.